The van der Waals surface area contributed by atoms with Crippen LogP contribution in [0.1, 0.15) is 36.7 Å². The van der Waals surface area contributed by atoms with Gasteiger partial charge in [0.2, 0.25) is 0 Å². The highest BCUT2D eigenvalue weighted by atomic mass is 16.6. The number of methoxy groups -OCH3 is 2. The van der Waals surface area contributed by atoms with E-state index in [9.17, 15) is 14.9 Å². The Labute approximate surface area is 152 Å². The lowest BCUT2D eigenvalue weighted by Gasteiger charge is -2.21. The molecule has 1 amide bonds. The molecule has 0 aliphatic heterocycles. The van der Waals surface area contributed by atoms with Gasteiger partial charge in [-0.05, 0) is 29.2 Å². The molecular formula is C19H22N2O5. The predicted octanol–water partition coefficient (Wildman–Crippen LogP) is 4.16. The predicted molar refractivity (Wildman–Crippen MR) is 99.3 cm³/mol. The SMILES string of the molecule is COc1ccc(C(C)(C)C)cc1NC(=O)c1cc([N+](=O)[O-])ccc1OC. The summed E-state index contributed by atoms with van der Waals surface area (Å²) in [5.41, 5.74) is 1.27. The summed E-state index contributed by atoms with van der Waals surface area (Å²) in [6.45, 7) is 6.18. The molecule has 0 heterocycles. The van der Waals surface area contributed by atoms with E-state index >= 15 is 0 Å². The number of nitrogens with one attached hydrogen (secondary N) is 1. The van der Waals surface area contributed by atoms with E-state index in [1.807, 2.05) is 12.1 Å². The van der Waals surface area contributed by atoms with E-state index in [4.69, 9.17) is 9.47 Å². The zero-order chi connectivity index (χ0) is 19.5. The fourth-order valence-electron chi connectivity index (χ4n) is 2.45. The standard InChI is InChI=1S/C19H22N2O5/c1-19(2,3)12-6-8-17(26-5)15(10-12)20-18(22)14-11-13(21(23)24)7-9-16(14)25-4/h6-11H,1-5H3,(H,20,22). The van der Waals surface area contributed by atoms with Gasteiger partial charge in [0.1, 0.15) is 11.5 Å². The van der Waals surface area contributed by atoms with Crippen molar-refractivity contribution in [3.63, 3.8) is 0 Å². The molecule has 7 heteroatoms. The van der Waals surface area contributed by atoms with Crippen LogP contribution in [0.15, 0.2) is 36.4 Å². The van der Waals surface area contributed by atoms with Crippen LogP contribution in [-0.2, 0) is 5.41 Å². The van der Waals surface area contributed by atoms with E-state index in [-0.39, 0.29) is 22.4 Å². The molecule has 0 aromatic heterocycles. The number of hydrogen-bond donors (Lipinski definition) is 1. The second-order valence-corrected chi connectivity index (χ2v) is 6.76. The number of amides is 1. The Bertz CT molecular complexity index is 840. The largest absolute Gasteiger partial charge is 0.496 e. The molecule has 138 valence electrons. The molecule has 1 N–H and O–H groups in total. The van der Waals surface area contributed by atoms with Crippen LogP contribution in [0.5, 0.6) is 11.5 Å². The number of rotatable bonds is 5. The number of non-ortho nitro benzene ring substituents is 1. The Morgan fingerprint density at radius 3 is 2.19 bits per heavy atom. The van der Waals surface area contributed by atoms with E-state index < -0.39 is 10.8 Å². The fraction of sp³-hybridized carbons (Fsp3) is 0.316. The Hall–Kier alpha value is -3.09. The van der Waals surface area contributed by atoms with E-state index in [1.165, 1.54) is 32.4 Å². The Kier molecular flexibility index (Phi) is 5.50. The highest BCUT2D eigenvalue weighted by molar-refractivity contribution is 6.07. The van der Waals surface area contributed by atoms with Gasteiger partial charge in [0, 0.05) is 12.1 Å². The van der Waals surface area contributed by atoms with Crippen molar-refractivity contribution in [3.8, 4) is 11.5 Å². The van der Waals surface area contributed by atoms with Crippen LogP contribution in [0.4, 0.5) is 11.4 Å². The van der Waals surface area contributed by atoms with Crippen LogP contribution < -0.4 is 14.8 Å². The molecule has 0 radical (unpaired) electrons. The highest BCUT2D eigenvalue weighted by Crippen LogP contribution is 2.32. The van der Waals surface area contributed by atoms with Crippen molar-refractivity contribution >= 4 is 17.3 Å². The Morgan fingerprint density at radius 1 is 1.04 bits per heavy atom. The Balaban J connectivity index is 2.44. The number of nitrogens with zero attached hydrogens (tertiary/aromatic N) is 1. The van der Waals surface area contributed by atoms with Gasteiger partial charge in [-0.15, -0.1) is 0 Å². The molecule has 2 aromatic carbocycles. The monoisotopic (exact) mass is 358 g/mol. The molecule has 0 saturated carbocycles. The maximum Gasteiger partial charge on any atom is 0.270 e. The first-order chi connectivity index (χ1) is 12.2. The summed E-state index contributed by atoms with van der Waals surface area (Å²) in [6, 6.07) is 9.42. The smallest absolute Gasteiger partial charge is 0.270 e. The minimum Gasteiger partial charge on any atom is -0.496 e. The van der Waals surface area contributed by atoms with Gasteiger partial charge in [-0.3, -0.25) is 14.9 Å². The van der Waals surface area contributed by atoms with Crippen molar-refractivity contribution in [2.24, 2.45) is 0 Å². The first-order valence-corrected chi connectivity index (χ1v) is 7.99. The van der Waals surface area contributed by atoms with Gasteiger partial charge >= 0.3 is 0 Å². The lowest BCUT2D eigenvalue weighted by molar-refractivity contribution is -0.384. The number of ether oxygens (including phenoxy) is 2. The molecule has 0 fully saturated rings. The average Bonchev–Trinajstić information content (AvgIpc) is 2.60. The van der Waals surface area contributed by atoms with E-state index in [0.717, 1.165) is 5.56 Å². The van der Waals surface area contributed by atoms with Crippen molar-refractivity contribution < 1.29 is 19.2 Å². The summed E-state index contributed by atoms with van der Waals surface area (Å²) >= 11 is 0. The molecule has 2 aromatic rings. The molecule has 0 saturated heterocycles. The average molecular weight is 358 g/mol. The number of anilines is 1. The minimum absolute atomic E-state index is 0.0740. The van der Waals surface area contributed by atoms with Crippen molar-refractivity contribution in [2.45, 2.75) is 26.2 Å². The molecule has 0 spiro atoms. The third kappa shape index (κ3) is 4.11. The summed E-state index contributed by atoms with van der Waals surface area (Å²) in [5.74, 6) is 0.227. The number of carbonyl (C=O) groups is 1. The first-order valence-electron chi connectivity index (χ1n) is 7.99. The van der Waals surface area contributed by atoms with Crippen molar-refractivity contribution in [3.05, 3.63) is 57.6 Å². The van der Waals surface area contributed by atoms with E-state index in [0.29, 0.717) is 11.4 Å². The molecule has 0 atom stereocenters. The summed E-state index contributed by atoms with van der Waals surface area (Å²) in [6.07, 6.45) is 0. The van der Waals surface area contributed by atoms with Gasteiger partial charge in [0.25, 0.3) is 11.6 Å². The summed E-state index contributed by atoms with van der Waals surface area (Å²) in [7, 11) is 2.91. The topological polar surface area (TPSA) is 90.7 Å². The van der Waals surface area contributed by atoms with Gasteiger partial charge in [-0.2, -0.15) is 0 Å². The number of nitro groups is 1. The summed E-state index contributed by atoms with van der Waals surface area (Å²) in [5, 5.41) is 13.8. The van der Waals surface area contributed by atoms with Crippen LogP contribution in [0.3, 0.4) is 0 Å². The maximum atomic E-state index is 12.7. The zero-order valence-corrected chi connectivity index (χ0v) is 15.5. The van der Waals surface area contributed by atoms with Crippen LogP contribution in [-0.4, -0.2) is 25.1 Å². The van der Waals surface area contributed by atoms with Gasteiger partial charge in [-0.25, -0.2) is 0 Å². The molecule has 0 aliphatic rings. The van der Waals surface area contributed by atoms with Crippen LogP contribution in [0, 0.1) is 10.1 Å². The quantitative estimate of drug-likeness (QED) is 0.640. The maximum absolute atomic E-state index is 12.7. The number of hydrogen-bond acceptors (Lipinski definition) is 5. The second kappa shape index (κ2) is 7.43. The molecule has 0 unspecified atom stereocenters. The van der Waals surface area contributed by atoms with Gasteiger partial charge in [0.05, 0.1) is 30.4 Å². The van der Waals surface area contributed by atoms with Crippen molar-refractivity contribution in [1.29, 1.82) is 0 Å². The number of carbonyl (C=O) groups excluding carboxylic acids is 1. The fourth-order valence-corrected chi connectivity index (χ4v) is 2.45. The van der Waals surface area contributed by atoms with Crippen molar-refractivity contribution in [1.82, 2.24) is 0 Å². The lowest BCUT2D eigenvalue weighted by atomic mass is 9.87. The summed E-state index contributed by atoms with van der Waals surface area (Å²) in [4.78, 5) is 23.2. The zero-order valence-electron chi connectivity index (χ0n) is 15.5. The van der Waals surface area contributed by atoms with Crippen LogP contribution >= 0.6 is 0 Å². The minimum atomic E-state index is -0.559. The number of nitro benzene ring substituents is 1. The molecular weight excluding hydrogens is 336 g/mol. The number of benzene rings is 2. The Morgan fingerprint density at radius 2 is 1.65 bits per heavy atom. The molecule has 7 nitrogen and oxygen atoms in total. The third-order valence-electron chi connectivity index (χ3n) is 3.95. The van der Waals surface area contributed by atoms with Crippen molar-refractivity contribution in [2.75, 3.05) is 19.5 Å². The lowest BCUT2D eigenvalue weighted by Crippen LogP contribution is -2.16. The van der Waals surface area contributed by atoms with Gasteiger partial charge < -0.3 is 14.8 Å². The van der Waals surface area contributed by atoms with Crippen LogP contribution in [0.2, 0.25) is 0 Å². The first kappa shape index (κ1) is 19.2. The van der Waals surface area contributed by atoms with Gasteiger partial charge in [0.15, 0.2) is 0 Å². The molecule has 0 bridgehead atoms. The van der Waals surface area contributed by atoms with Gasteiger partial charge in [-0.1, -0.05) is 26.8 Å². The molecule has 0 aliphatic carbocycles. The second-order valence-electron chi connectivity index (χ2n) is 6.76. The van der Waals surface area contributed by atoms with E-state index in [2.05, 4.69) is 26.1 Å². The highest BCUT2D eigenvalue weighted by Gasteiger charge is 2.21. The summed E-state index contributed by atoms with van der Waals surface area (Å²) < 4.78 is 10.5. The molecule has 26 heavy (non-hydrogen) atoms. The van der Waals surface area contributed by atoms with E-state index in [1.54, 1.807) is 6.07 Å². The third-order valence-corrected chi connectivity index (χ3v) is 3.95. The van der Waals surface area contributed by atoms with Crippen LogP contribution in [0.25, 0.3) is 0 Å². The molecule has 2 rings (SSSR count). The normalized spacial score (nSPS) is 11.0.